The Balaban J connectivity index is 1.29. The molecule has 0 fully saturated rings. The first-order valence-corrected chi connectivity index (χ1v) is 14.8. The van der Waals surface area contributed by atoms with Crippen LogP contribution in [0.4, 0.5) is 0 Å². The lowest BCUT2D eigenvalue weighted by Gasteiger charge is -2.09. The first-order chi connectivity index (χ1) is 20.3. The fourth-order valence-corrected chi connectivity index (χ4v) is 5.36. The van der Waals surface area contributed by atoms with Crippen LogP contribution in [0.15, 0.2) is 82.0 Å². The highest BCUT2D eigenvalue weighted by Gasteiger charge is 2.22. The van der Waals surface area contributed by atoms with Gasteiger partial charge >= 0.3 is 5.63 Å². The summed E-state index contributed by atoms with van der Waals surface area (Å²) in [6, 6.07) is 21.3. The number of nitrogens with zero attached hydrogens (tertiary/aromatic N) is 1. The monoisotopic (exact) mass is 677 g/mol. The van der Waals surface area contributed by atoms with Crippen molar-refractivity contribution in [1.82, 2.24) is 15.2 Å². The Morgan fingerprint density at radius 3 is 2.43 bits per heavy atom. The lowest BCUT2D eigenvalue weighted by molar-refractivity contribution is -0.120. The van der Waals surface area contributed by atoms with Gasteiger partial charge in [-0.1, -0.05) is 52.9 Å². The van der Waals surface area contributed by atoms with Crippen LogP contribution in [0.2, 0.25) is 0 Å². The normalized spacial score (nSPS) is 11.0. The van der Waals surface area contributed by atoms with Gasteiger partial charge in [-0.05, 0) is 60.5 Å². The largest absolute Gasteiger partial charge is 0.497 e. The van der Waals surface area contributed by atoms with Gasteiger partial charge in [-0.2, -0.15) is 0 Å². The number of fused-ring (bicyclic) bond motifs is 2. The molecule has 0 aliphatic rings. The van der Waals surface area contributed by atoms with Gasteiger partial charge in [-0.3, -0.25) is 19.0 Å². The van der Waals surface area contributed by atoms with E-state index in [1.165, 1.54) is 6.07 Å². The summed E-state index contributed by atoms with van der Waals surface area (Å²) in [6.07, 6.45) is 0.0196. The first-order valence-electron chi connectivity index (χ1n) is 13.3. The zero-order valence-electron chi connectivity index (χ0n) is 23.0. The number of amides is 2. The molecule has 2 amide bonds. The van der Waals surface area contributed by atoms with Crippen LogP contribution in [0, 0.1) is 6.92 Å². The molecular formula is C32H28IN3O6. The number of hydrogen-bond acceptors (Lipinski definition) is 6. The summed E-state index contributed by atoms with van der Waals surface area (Å²) < 4.78 is 13.1. The average molecular weight is 677 g/mol. The molecule has 3 aromatic carbocycles. The Bertz CT molecular complexity index is 1870. The maximum atomic E-state index is 13.6. The molecule has 0 aliphatic carbocycles. The number of ether oxygens (including phenoxy) is 1. The summed E-state index contributed by atoms with van der Waals surface area (Å²) in [5.74, 6) is -0.436. The van der Waals surface area contributed by atoms with Crippen LogP contribution >= 0.6 is 22.6 Å². The third kappa shape index (κ3) is 5.94. The maximum Gasteiger partial charge on any atom is 0.349 e. The molecule has 0 atom stereocenters. The van der Waals surface area contributed by atoms with E-state index in [-0.39, 0.29) is 36.9 Å². The van der Waals surface area contributed by atoms with E-state index in [1.807, 2.05) is 43.3 Å². The van der Waals surface area contributed by atoms with E-state index in [9.17, 15) is 19.2 Å². The van der Waals surface area contributed by atoms with Gasteiger partial charge < -0.3 is 19.8 Å². The number of para-hydroxylation sites is 1. The van der Waals surface area contributed by atoms with E-state index >= 15 is 0 Å². The molecule has 0 unspecified atom stereocenters. The highest BCUT2D eigenvalue weighted by Crippen LogP contribution is 2.31. The number of rotatable bonds is 9. The second-order valence-corrected chi connectivity index (χ2v) is 10.4. The number of carbonyl (C=O) groups excluding carboxylic acids is 3. The Hall–Kier alpha value is -4.45. The lowest BCUT2D eigenvalue weighted by Crippen LogP contribution is -2.36. The van der Waals surface area contributed by atoms with E-state index in [1.54, 1.807) is 42.0 Å². The second-order valence-electron chi connectivity index (χ2n) is 9.69. The molecule has 0 radical (unpaired) electrons. The van der Waals surface area contributed by atoms with Crippen molar-refractivity contribution in [2.75, 3.05) is 20.2 Å². The van der Waals surface area contributed by atoms with Crippen molar-refractivity contribution in [2.24, 2.45) is 0 Å². The highest BCUT2D eigenvalue weighted by atomic mass is 127. The van der Waals surface area contributed by atoms with Crippen LogP contribution in [0.3, 0.4) is 0 Å². The van der Waals surface area contributed by atoms with Gasteiger partial charge in [0.2, 0.25) is 5.91 Å². The third-order valence-corrected chi connectivity index (χ3v) is 7.94. The molecule has 5 rings (SSSR count). The predicted octanol–water partition coefficient (Wildman–Crippen LogP) is 4.78. The van der Waals surface area contributed by atoms with Crippen molar-refractivity contribution in [2.45, 2.75) is 17.8 Å². The summed E-state index contributed by atoms with van der Waals surface area (Å²) in [5, 5.41) is 6.83. The minimum atomic E-state index is -0.729. The number of alkyl halides is 1. The summed E-state index contributed by atoms with van der Waals surface area (Å²) in [5.41, 5.74) is 3.28. The zero-order chi connectivity index (χ0) is 29.8. The molecule has 214 valence electrons. The van der Waals surface area contributed by atoms with Gasteiger partial charge in [0.05, 0.1) is 19.0 Å². The van der Waals surface area contributed by atoms with Gasteiger partial charge in [-0.15, -0.1) is 0 Å². The minimum Gasteiger partial charge on any atom is -0.497 e. The summed E-state index contributed by atoms with van der Waals surface area (Å²) in [6.45, 7) is 2.07. The quantitative estimate of drug-likeness (QED) is 0.100. The van der Waals surface area contributed by atoms with Gasteiger partial charge in [0.25, 0.3) is 11.8 Å². The molecule has 0 bridgehead atoms. The summed E-state index contributed by atoms with van der Waals surface area (Å²) in [4.78, 5) is 51.4. The maximum absolute atomic E-state index is 13.6. The van der Waals surface area contributed by atoms with Crippen molar-refractivity contribution < 1.29 is 23.5 Å². The van der Waals surface area contributed by atoms with Crippen molar-refractivity contribution in [3.63, 3.8) is 0 Å². The van der Waals surface area contributed by atoms with Crippen LogP contribution in [-0.4, -0.2) is 42.5 Å². The standard InChI is InChI=1S/C32H28IN3O6/c1-19-24(17-29(37)34-13-14-35-30(38)26-15-22-5-3-4-6-28(22)42-32(26)40)25-16-23(41-2)11-12-27(25)36(19)31(39)21-9-7-20(18-33)8-10-21/h3-12,15-16H,13-14,17-18H2,1-2H3,(H,34,37)(H,35,38). The molecule has 5 aromatic rings. The number of halogens is 1. The van der Waals surface area contributed by atoms with E-state index < -0.39 is 11.5 Å². The Labute approximate surface area is 255 Å². The molecular weight excluding hydrogens is 649 g/mol. The molecule has 2 heterocycles. The van der Waals surface area contributed by atoms with Crippen LogP contribution in [-0.2, 0) is 15.6 Å². The van der Waals surface area contributed by atoms with Gasteiger partial charge in [0, 0.05) is 39.5 Å². The van der Waals surface area contributed by atoms with Crippen molar-refractivity contribution >= 4 is 62.2 Å². The number of carbonyl (C=O) groups is 3. The molecule has 0 saturated heterocycles. The predicted molar refractivity (Wildman–Crippen MR) is 169 cm³/mol. The van der Waals surface area contributed by atoms with Crippen LogP contribution in [0.25, 0.3) is 21.9 Å². The lowest BCUT2D eigenvalue weighted by atomic mass is 10.1. The third-order valence-electron chi connectivity index (χ3n) is 7.06. The molecule has 0 saturated carbocycles. The summed E-state index contributed by atoms with van der Waals surface area (Å²) in [7, 11) is 1.56. The van der Waals surface area contributed by atoms with Gasteiger partial charge in [0.1, 0.15) is 16.9 Å². The molecule has 10 heteroatoms. The van der Waals surface area contributed by atoms with Gasteiger partial charge in [0.15, 0.2) is 0 Å². The zero-order valence-corrected chi connectivity index (χ0v) is 25.2. The molecule has 0 aliphatic heterocycles. The Morgan fingerprint density at radius 1 is 0.952 bits per heavy atom. The van der Waals surface area contributed by atoms with E-state index in [4.69, 9.17) is 9.15 Å². The van der Waals surface area contributed by atoms with Gasteiger partial charge in [-0.25, -0.2) is 4.79 Å². The van der Waals surface area contributed by atoms with Crippen molar-refractivity contribution in [3.05, 3.63) is 111 Å². The molecule has 2 N–H and O–H groups in total. The van der Waals surface area contributed by atoms with Crippen molar-refractivity contribution in [1.29, 1.82) is 0 Å². The van der Waals surface area contributed by atoms with Crippen molar-refractivity contribution in [3.8, 4) is 5.75 Å². The van der Waals surface area contributed by atoms with E-state index in [0.29, 0.717) is 39.1 Å². The minimum absolute atomic E-state index is 0.0196. The highest BCUT2D eigenvalue weighted by molar-refractivity contribution is 14.1. The molecule has 42 heavy (non-hydrogen) atoms. The fourth-order valence-electron chi connectivity index (χ4n) is 4.86. The van der Waals surface area contributed by atoms with Crippen LogP contribution in [0.1, 0.15) is 37.5 Å². The topological polar surface area (TPSA) is 120 Å². The SMILES string of the molecule is COc1ccc2c(c1)c(CC(=O)NCCNC(=O)c1cc3ccccc3oc1=O)c(C)n2C(=O)c1ccc(CI)cc1. The van der Waals surface area contributed by atoms with Crippen LogP contribution in [0.5, 0.6) is 5.75 Å². The number of methoxy groups -OCH3 is 1. The summed E-state index contributed by atoms with van der Waals surface area (Å²) >= 11 is 2.28. The number of benzene rings is 3. The number of nitrogens with one attached hydrogen (secondary N) is 2. The Kier molecular flexibility index (Phi) is 8.72. The molecule has 2 aromatic heterocycles. The van der Waals surface area contributed by atoms with E-state index in [2.05, 4.69) is 33.2 Å². The molecule has 0 spiro atoms. The fraction of sp³-hybridized carbons (Fsp3) is 0.188. The second kappa shape index (κ2) is 12.6. The number of hydrogen-bond donors (Lipinski definition) is 2. The first kappa shape index (κ1) is 29.1. The average Bonchev–Trinajstić information content (AvgIpc) is 3.28. The Morgan fingerprint density at radius 2 is 1.69 bits per heavy atom. The number of aromatic nitrogens is 1. The smallest absolute Gasteiger partial charge is 0.349 e. The van der Waals surface area contributed by atoms with Crippen LogP contribution < -0.4 is 21.0 Å². The van der Waals surface area contributed by atoms with E-state index in [0.717, 1.165) is 15.4 Å². The molecule has 9 nitrogen and oxygen atoms in total.